The summed E-state index contributed by atoms with van der Waals surface area (Å²) in [4.78, 5) is 18.2. The molecule has 1 fully saturated rings. The molecule has 124 valence electrons. The van der Waals surface area contributed by atoms with Gasteiger partial charge in [-0.15, -0.1) is 0 Å². The fourth-order valence-corrected chi connectivity index (χ4v) is 3.41. The number of benzene rings is 1. The maximum absolute atomic E-state index is 11.1. The van der Waals surface area contributed by atoms with Crippen LogP contribution in [-0.2, 0) is 7.05 Å². The average molecular weight is 316 g/mol. The number of hydrogen-bond donors (Lipinski definition) is 2. The maximum atomic E-state index is 11.1. The van der Waals surface area contributed by atoms with Crippen molar-refractivity contribution in [2.45, 2.75) is 32.2 Å². The number of rotatable bonds is 5. The fourth-order valence-electron chi connectivity index (χ4n) is 3.41. The molecule has 0 aliphatic carbocycles. The molecule has 1 unspecified atom stereocenters. The first-order valence-electron chi connectivity index (χ1n) is 8.28. The fraction of sp³-hybridized carbons (Fsp3) is 0.529. The Kier molecular flexibility index (Phi) is 4.52. The third-order valence-electron chi connectivity index (χ3n) is 4.78. The molecule has 2 heterocycles. The van der Waals surface area contributed by atoms with Gasteiger partial charge in [-0.25, -0.2) is 9.78 Å². The molecule has 0 amide bonds. The molecule has 1 saturated heterocycles. The second-order valence-corrected chi connectivity index (χ2v) is 6.16. The topological polar surface area (TPSA) is 70.4 Å². The number of nitrogens with one attached hydrogen (secondary N) is 1. The van der Waals surface area contributed by atoms with Gasteiger partial charge < -0.3 is 15.0 Å². The van der Waals surface area contributed by atoms with Gasteiger partial charge in [-0.05, 0) is 44.1 Å². The number of carbonyl (C=O) groups is 1. The Labute approximate surface area is 136 Å². The number of carboxylic acids is 1. The number of nitrogens with zero attached hydrogens (tertiary/aromatic N) is 3. The van der Waals surface area contributed by atoms with E-state index in [1.54, 1.807) is 12.1 Å². The summed E-state index contributed by atoms with van der Waals surface area (Å²) in [5, 5.41) is 12.5. The van der Waals surface area contributed by atoms with E-state index in [1.165, 1.54) is 25.8 Å². The third kappa shape index (κ3) is 3.17. The van der Waals surface area contributed by atoms with E-state index in [0.717, 1.165) is 24.6 Å². The van der Waals surface area contributed by atoms with E-state index >= 15 is 0 Å². The summed E-state index contributed by atoms with van der Waals surface area (Å²) >= 11 is 0. The Morgan fingerprint density at radius 3 is 3.00 bits per heavy atom. The van der Waals surface area contributed by atoms with Gasteiger partial charge in [-0.1, -0.05) is 13.3 Å². The van der Waals surface area contributed by atoms with Gasteiger partial charge in [0.1, 0.15) is 0 Å². The van der Waals surface area contributed by atoms with Crippen LogP contribution in [0.5, 0.6) is 0 Å². The molecule has 1 aliphatic rings. The summed E-state index contributed by atoms with van der Waals surface area (Å²) in [6, 6.07) is 5.61. The number of carboxylic acid groups (broad SMARTS) is 1. The molecule has 1 aromatic heterocycles. The lowest BCUT2D eigenvalue weighted by molar-refractivity contribution is 0.0697. The SMILES string of the molecule is CCN1CCCCC1CNc1nc2cc(C(=O)O)ccc2n1C. The molecule has 0 radical (unpaired) electrons. The van der Waals surface area contributed by atoms with Crippen LogP contribution in [0.25, 0.3) is 11.0 Å². The molecule has 0 spiro atoms. The number of aromatic carboxylic acids is 1. The van der Waals surface area contributed by atoms with Crippen LogP contribution in [0.1, 0.15) is 36.5 Å². The first-order valence-corrected chi connectivity index (χ1v) is 8.28. The molecule has 6 heteroatoms. The lowest BCUT2D eigenvalue weighted by Gasteiger charge is -2.34. The van der Waals surface area contributed by atoms with Crippen molar-refractivity contribution >= 4 is 23.0 Å². The zero-order chi connectivity index (χ0) is 16.4. The van der Waals surface area contributed by atoms with Crippen LogP contribution >= 0.6 is 0 Å². The molecule has 0 saturated carbocycles. The molecule has 2 N–H and O–H groups in total. The van der Waals surface area contributed by atoms with Gasteiger partial charge in [-0.2, -0.15) is 0 Å². The monoisotopic (exact) mass is 316 g/mol. The largest absolute Gasteiger partial charge is 0.478 e. The van der Waals surface area contributed by atoms with Crippen molar-refractivity contribution in [2.75, 3.05) is 25.0 Å². The highest BCUT2D eigenvalue weighted by molar-refractivity contribution is 5.93. The summed E-state index contributed by atoms with van der Waals surface area (Å²) in [7, 11) is 1.95. The van der Waals surface area contributed by atoms with Gasteiger partial charge in [-0.3, -0.25) is 4.90 Å². The third-order valence-corrected chi connectivity index (χ3v) is 4.78. The first kappa shape index (κ1) is 15.8. The highest BCUT2D eigenvalue weighted by Crippen LogP contribution is 2.21. The normalized spacial score (nSPS) is 19.1. The van der Waals surface area contributed by atoms with Crippen LogP contribution in [0, 0.1) is 0 Å². The Morgan fingerprint density at radius 2 is 2.26 bits per heavy atom. The van der Waals surface area contributed by atoms with E-state index < -0.39 is 5.97 Å². The Balaban J connectivity index is 1.77. The molecule has 3 rings (SSSR count). The standard InChI is InChI=1S/C17H24N4O2/c1-3-21-9-5-4-6-13(21)11-18-17-19-14-10-12(16(22)23)7-8-15(14)20(17)2/h7-8,10,13H,3-6,9,11H2,1-2H3,(H,18,19)(H,22,23). The lowest BCUT2D eigenvalue weighted by Crippen LogP contribution is -2.43. The predicted octanol–water partition coefficient (Wildman–Crippen LogP) is 2.56. The molecular weight excluding hydrogens is 292 g/mol. The zero-order valence-corrected chi connectivity index (χ0v) is 13.7. The quantitative estimate of drug-likeness (QED) is 0.887. The number of aromatic nitrogens is 2. The minimum Gasteiger partial charge on any atom is -0.478 e. The molecule has 6 nitrogen and oxygen atoms in total. The second-order valence-electron chi connectivity index (χ2n) is 6.16. The highest BCUT2D eigenvalue weighted by Gasteiger charge is 2.21. The number of aryl methyl sites for hydroxylation is 1. The molecule has 23 heavy (non-hydrogen) atoms. The minimum atomic E-state index is -0.923. The Bertz CT molecular complexity index is 710. The summed E-state index contributed by atoms with van der Waals surface area (Å²) in [6.07, 6.45) is 3.79. The van der Waals surface area contributed by atoms with Crippen molar-refractivity contribution in [3.63, 3.8) is 0 Å². The van der Waals surface area contributed by atoms with E-state index in [4.69, 9.17) is 5.11 Å². The van der Waals surface area contributed by atoms with Gasteiger partial charge in [0.25, 0.3) is 0 Å². The molecule has 1 atom stereocenters. The van der Waals surface area contributed by atoms with Crippen molar-refractivity contribution < 1.29 is 9.90 Å². The van der Waals surface area contributed by atoms with Crippen LogP contribution in [0.2, 0.25) is 0 Å². The van der Waals surface area contributed by atoms with Crippen molar-refractivity contribution in [1.29, 1.82) is 0 Å². The number of likely N-dealkylation sites (N-methyl/N-ethyl adjacent to an activating group) is 1. The van der Waals surface area contributed by atoms with E-state index in [9.17, 15) is 4.79 Å². The van der Waals surface area contributed by atoms with E-state index in [0.29, 0.717) is 11.6 Å². The van der Waals surface area contributed by atoms with Crippen molar-refractivity contribution in [1.82, 2.24) is 14.5 Å². The maximum Gasteiger partial charge on any atom is 0.335 e. The smallest absolute Gasteiger partial charge is 0.335 e. The number of anilines is 1. The van der Waals surface area contributed by atoms with Gasteiger partial charge in [0.2, 0.25) is 5.95 Å². The van der Waals surface area contributed by atoms with Crippen LogP contribution in [0.4, 0.5) is 5.95 Å². The van der Waals surface area contributed by atoms with Crippen LogP contribution in [0.3, 0.4) is 0 Å². The number of piperidine rings is 1. The van der Waals surface area contributed by atoms with Crippen LogP contribution < -0.4 is 5.32 Å². The average Bonchev–Trinajstić information content (AvgIpc) is 2.88. The van der Waals surface area contributed by atoms with Gasteiger partial charge in [0, 0.05) is 19.6 Å². The number of likely N-dealkylation sites (tertiary alicyclic amines) is 1. The molecule has 0 bridgehead atoms. The van der Waals surface area contributed by atoms with E-state index in [2.05, 4.69) is 22.1 Å². The van der Waals surface area contributed by atoms with Crippen LogP contribution in [0.15, 0.2) is 18.2 Å². The van der Waals surface area contributed by atoms with Gasteiger partial charge in [0.05, 0.1) is 16.6 Å². The number of fused-ring (bicyclic) bond motifs is 1. The Hall–Kier alpha value is -2.08. The molecular formula is C17H24N4O2. The molecule has 1 aromatic carbocycles. The van der Waals surface area contributed by atoms with Crippen molar-refractivity contribution in [3.8, 4) is 0 Å². The van der Waals surface area contributed by atoms with Gasteiger partial charge >= 0.3 is 5.97 Å². The number of hydrogen-bond acceptors (Lipinski definition) is 4. The zero-order valence-electron chi connectivity index (χ0n) is 13.7. The minimum absolute atomic E-state index is 0.270. The van der Waals surface area contributed by atoms with E-state index in [-0.39, 0.29) is 5.56 Å². The predicted molar refractivity (Wildman–Crippen MR) is 91.0 cm³/mol. The summed E-state index contributed by atoms with van der Waals surface area (Å²) in [6.45, 7) is 5.34. The van der Waals surface area contributed by atoms with Crippen LogP contribution in [-0.4, -0.2) is 51.2 Å². The summed E-state index contributed by atoms with van der Waals surface area (Å²) < 4.78 is 1.99. The van der Waals surface area contributed by atoms with E-state index in [1.807, 2.05) is 17.7 Å². The second kappa shape index (κ2) is 6.58. The Morgan fingerprint density at radius 1 is 1.43 bits per heavy atom. The molecule has 1 aliphatic heterocycles. The number of imidazole rings is 1. The summed E-state index contributed by atoms with van der Waals surface area (Å²) in [5.74, 6) is -0.128. The van der Waals surface area contributed by atoms with Crippen molar-refractivity contribution in [3.05, 3.63) is 23.8 Å². The van der Waals surface area contributed by atoms with Gasteiger partial charge in [0.15, 0.2) is 0 Å². The lowest BCUT2D eigenvalue weighted by atomic mass is 10.0. The highest BCUT2D eigenvalue weighted by atomic mass is 16.4. The molecule has 2 aromatic rings. The summed E-state index contributed by atoms with van der Waals surface area (Å²) in [5.41, 5.74) is 1.92. The van der Waals surface area contributed by atoms with Crippen molar-refractivity contribution in [2.24, 2.45) is 7.05 Å². The first-order chi connectivity index (χ1) is 11.1.